The standard InChI is InChI=1S/C22H23N5O/c1-17-3-2-8-27-21(28)13-20(24-22(17)27)16-26-11-9-25(10-12-26)15-19-6-4-18(14-23)5-7-19/h2-8,13H,9-12,15-16H2,1H3. The third-order valence-corrected chi connectivity index (χ3v) is 5.28. The highest BCUT2D eigenvalue weighted by molar-refractivity contribution is 5.46. The van der Waals surface area contributed by atoms with Crippen molar-refractivity contribution >= 4 is 5.65 Å². The van der Waals surface area contributed by atoms with Gasteiger partial charge in [0.05, 0.1) is 17.3 Å². The summed E-state index contributed by atoms with van der Waals surface area (Å²) in [7, 11) is 0. The van der Waals surface area contributed by atoms with Crippen LogP contribution in [0, 0.1) is 18.3 Å². The van der Waals surface area contributed by atoms with E-state index in [0.29, 0.717) is 12.1 Å². The second kappa shape index (κ2) is 7.93. The van der Waals surface area contributed by atoms with Gasteiger partial charge in [-0.15, -0.1) is 0 Å². The van der Waals surface area contributed by atoms with Crippen molar-refractivity contribution in [2.45, 2.75) is 20.0 Å². The first-order valence-electron chi connectivity index (χ1n) is 9.54. The summed E-state index contributed by atoms with van der Waals surface area (Å²) in [5.41, 5.74) is 4.48. The normalized spacial score (nSPS) is 15.6. The Hall–Kier alpha value is -3.01. The molecule has 1 aromatic carbocycles. The molecule has 3 heterocycles. The van der Waals surface area contributed by atoms with E-state index in [1.54, 1.807) is 16.7 Å². The summed E-state index contributed by atoms with van der Waals surface area (Å²) in [6.07, 6.45) is 1.77. The van der Waals surface area contributed by atoms with Crippen molar-refractivity contribution in [3.63, 3.8) is 0 Å². The van der Waals surface area contributed by atoms with Crippen molar-refractivity contribution in [1.29, 1.82) is 5.26 Å². The fourth-order valence-corrected chi connectivity index (χ4v) is 3.67. The van der Waals surface area contributed by atoms with Crippen LogP contribution in [-0.4, -0.2) is 45.4 Å². The molecule has 3 aromatic rings. The summed E-state index contributed by atoms with van der Waals surface area (Å²) in [5.74, 6) is 0. The molecule has 2 aromatic heterocycles. The minimum Gasteiger partial charge on any atom is -0.297 e. The molecule has 1 aliphatic rings. The first-order valence-corrected chi connectivity index (χ1v) is 9.54. The van der Waals surface area contributed by atoms with Gasteiger partial charge in [-0.25, -0.2) is 4.98 Å². The SMILES string of the molecule is Cc1cccn2c(=O)cc(CN3CCN(Cc4ccc(C#N)cc4)CC3)nc12. The van der Waals surface area contributed by atoms with Crippen molar-refractivity contribution in [2.24, 2.45) is 0 Å². The quantitative estimate of drug-likeness (QED) is 0.701. The molecule has 0 bridgehead atoms. The van der Waals surface area contributed by atoms with Crippen LogP contribution in [0.15, 0.2) is 53.5 Å². The second-order valence-corrected chi connectivity index (χ2v) is 7.33. The molecule has 1 saturated heterocycles. The van der Waals surface area contributed by atoms with Crippen LogP contribution in [0.4, 0.5) is 0 Å². The molecular formula is C22H23N5O. The Morgan fingerprint density at radius 2 is 1.71 bits per heavy atom. The number of piperazine rings is 1. The van der Waals surface area contributed by atoms with E-state index in [9.17, 15) is 4.79 Å². The van der Waals surface area contributed by atoms with Crippen molar-refractivity contribution in [3.05, 3.63) is 81.4 Å². The monoisotopic (exact) mass is 373 g/mol. The van der Waals surface area contributed by atoms with Gasteiger partial charge in [-0.2, -0.15) is 5.26 Å². The summed E-state index contributed by atoms with van der Waals surface area (Å²) >= 11 is 0. The van der Waals surface area contributed by atoms with E-state index < -0.39 is 0 Å². The molecule has 0 N–H and O–H groups in total. The van der Waals surface area contributed by atoms with Gasteiger partial charge in [0.1, 0.15) is 5.65 Å². The smallest absolute Gasteiger partial charge is 0.258 e. The molecule has 1 aliphatic heterocycles. The summed E-state index contributed by atoms with van der Waals surface area (Å²) in [5, 5.41) is 8.90. The fourth-order valence-electron chi connectivity index (χ4n) is 3.67. The van der Waals surface area contributed by atoms with E-state index in [4.69, 9.17) is 10.2 Å². The predicted molar refractivity (Wildman–Crippen MR) is 108 cm³/mol. The maximum Gasteiger partial charge on any atom is 0.258 e. The minimum absolute atomic E-state index is 0.0249. The molecule has 0 unspecified atom stereocenters. The molecule has 0 aliphatic carbocycles. The minimum atomic E-state index is -0.0249. The topological polar surface area (TPSA) is 64.6 Å². The molecule has 1 fully saturated rings. The molecule has 6 heteroatoms. The zero-order valence-corrected chi connectivity index (χ0v) is 16.0. The average molecular weight is 373 g/mol. The number of fused-ring (bicyclic) bond motifs is 1. The molecular weight excluding hydrogens is 350 g/mol. The highest BCUT2D eigenvalue weighted by Crippen LogP contribution is 2.12. The Bertz CT molecular complexity index is 1070. The van der Waals surface area contributed by atoms with Crippen LogP contribution in [0.5, 0.6) is 0 Å². The largest absolute Gasteiger partial charge is 0.297 e. The van der Waals surface area contributed by atoms with Gasteiger partial charge in [-0.1, -0.05) is 18.2 Å². The molecule has 28 heavy (non-hydrogen) atoms. The van der Waals surface area contributed by atoms with E-state index in [1.165, 1.54) is 5.56 Å². The summed E-state index contributed by atoms with van der Waals surface area (Å²) in [6.45, 7) is 7.43. The summed E-state index contributed by atoms with van der Waals surface area (Å²) in [4.78, 5) is 21.9. The van der Waals surface area contributed by atoms with Gasteiger partial charge < -0.3 is 0 Å². The van der Waals surface area contributed by atoms with Gasteiger partial charge in [-0.3, -0.25) is 19.0 Å². The Balaban J connectivity index is 1.38. The van der Waals surface area contributed by atoms with E-state index >= 15 is 0 Å². The number of pyridine rings is 1. The van der Waals surface area contributed by atoms with Gasteiger partial charge in [0.15, 0.2) is 0 Å². The lowest BCUT2D eigenvalue weighted by molar-refractivity contribution is 0.121. The molecule has 0 radical (unpaired) electrons. The lowest BCUT2D eigenvalue weighted by Crippen LogP contribution is -2.45. The van der Waals surface area contributed by atoms with Crippen molar-refractivity contribution < 1.29 is 0 Å². The Morgan fingerprint density at radius 3 is 2.39 bits per heavy atom. The van der Waals surface area contributed by atoms with Crippen LogP contribution in [0.3, 0.4) is 0 Å². The van der Waals surface area contributed by atoms with Crippen LogP contribution in [0.25, 0.3) is 5.65 Å². The number of nitriles is 1. The number of hydrogen-bond donors (Lipinski definition) is 0. The molecule has 142 valence electrons. The van der Waals surface area contributed by atoms with Gasteiger partial charge in [0.2, 0.25) is 0 Å². The average Bonchev–Trinajstić information content (AvgIpc) is 2.71. The Morgan fingerprint density at radius 1 is 1.04 bits per heavy atom. The predicted octanol–water partition coefficient (Wildman–Crippen LogP) is 2.19. The molecule has 4 rings (SSSR count). The van der Waals surface area contributed by atoms with Crippen LogP contribution in [-0.2, 0) is 13.1 Å². The number of hydrogen-bond acceptors (Lipinski definition) is 5. The number of aryl methyl sites for hydroxylation is 1. The Labute approximate surface area is 164 Å². The first kappa shape index (κ1) is 18.4. The van der Waals surface area contributed by atoms with Gasteiger partial charge >= 0.3 is 0 Å². The van der Waals surface area contributed by atoms with Crippen LogP contribution in [0.1, 0.15) is 22.4 Å². The molecule has 6 nitrogen and oxygen atoms in total. The third-order valence-electron chi connectivity index (χ3n) is 5.28. The van der Waals surface area contributed by atoms with Gasteiger partial charge in [-0.05, 0) is 36.2 Å². The number of aromatic nitrogens is 2. The highest BCUT2D eigenvalue weighted by Gasteiger charge is 2.18. The summed E-state index contributed by atoms with van der Waals surface area (Å²) < 4.78 is 1.61. The van der Waals surface area contributed by atoms with Crippen molar-refractivity contribution in [1.82, 2.24) is 19.2 Å². The second-order valence-electron chi connectivity index (χ2n) is 7.33. The number of rotatable bonds is 4. The van der Waals surface area contributed by atoms with Gasteiger partial charge in [0, 0.05) is 51.5 Å². The maximum atomic E-state index is 12.4. The molecule has 0 atom stereocenters. The first-order chi connectivity index (χ1) is 13.6. The fraction of sp³-hybridized carbons (Fsp3) is 0.318. The van der Waals surface area contributed by atoms with E-state index in [2.05, 4.69) is 15.9 Å². The molecule has 0 saturated carbocycles. The maximum absolute atomic E-state index is 12.4. The third kappa shape index (κ3) is 3.96. The summed E-state index contributed by atoms with van der Waals surface area (Å²) in [6, 6.07) is 15.5. The van der Waals surface area contributed by atoms with Crippen LogP contribution < -0.4 is 5.56 Å². The van der Waals surface area contributed by atoms with E-state index in [-0.39, 0.29) is 5.56 Å². The molecule has 0 amide bonds. The van der Waals surface area contributed by atoms with Crippen LogP contribution >= 0.6 is 0 Å². The lowest BCUT2D eigenvalue weighted by Gasteiger charge is -2.34. The van der Waals surface area contributed by atoms with Gasteiger partial charge in [0.25, 0.3) is 5.56 Å². The zero-order valence-electron chi connectivity index (χ0n) is 16.0. The molecule has 0 spiro atoms. The highest BCUT2D eigenvalue weighted by atomic mass is 16.1. The van der Waals surface area contributed by atoms with Crippen molar-refractivity contribution in [3.8, 4) is 6.07 Å². The van der Waals surface area contributed by atoms with E-state index in [0.717, 1.165) is 49.6 Å². The number of nitrogens with zero attached hydrogens (tertiary/aromatic N) is 5. The lowest BCUT2D eigenvalue weighted by atomic mass is 10.1. The van der Waals surface area contributed by atoms with Crippen LogP contribution in [0.2, 0.25) is 0 Å². The number of benzene rings is 1. The zero-order chi connectivity index (χ0) is 19.5. The van der Waals surface area contributed by atoms with E-state index in [1.807, 2.05) is 43.3 Å². The Kier molecular flexibility index (Phi) is 5.20. The van der Waals surface area contributed by atoms with Crippen molar-refractivity contribution in [2.75, 3.05) is 26.2 Å².